The largest absolute Gasteiger partial charge is 0.434 e. The summed E-state index contributed by atoms with van der Waals surface area (Å²) in [6, 6.07) is 6.68. The zero-order chi connectivity index (χ0) is 13.1. The van der Waals surface area contributed by atoms with Gasteiger partial charge in [0.15, 0.2) is 0 Å². The van der Waals surface area contributed by atoms with Crippen LogP contribution in [0.5, 0.6) is 11.6 Å². The van der Waals surface area contributed by atoms with Crippen molar-refractivity contribution < 1.29 is 14.8 Å². The van der Waals surface area contributed by atoms with Gasteiger partial charge in [-0.05, 0) is 27.6 Å². The van der Waals surface area contributed by atoms with E-state index in [0.717, 1.165) is 0 Å². The number of hydrogen-bond donors (Lipinski definition) is 1. The van der Waals surface area contributed by atoms with Crippen LogP contribution in [0, 0.1) is 10.1 Å². The maximum Gasteiger partial charge on any atom is 0.427 e. The summed E-state index contributed by atoms with van der Waals surface area (Å²) in [5, 5.41) is 19.8. The van der Waals surface area contributed by atoms with Crippen LogP contribution in [0.25, 0.3) is 0 Å². The van der Waals surface area contributed by atoms with Gasteiger partial charge in [0, 0.05) is 7.05 Å². The molecule has 1 aromatic carbocycles. The van der Waals surface area contributed by atoms with Crippen molar-refractivity contribution in [3.8, 4) is 11.6 Å². The second-order valence-corrected chi connectivity index (χ2v) is 3.65. The minimum Gasteiger partial charge on any atom is -0.434 e. The van der Waals surface area contributed by atoms with Crippen LogP contribution in [0.1, 0.15) is 5.56 Å². The van der Waals surface area contributed by atoms with E-state index in [1.165, 1.54) is 10.9 Å². The number of rotatable bonds is 4. The summed E-state index contributed by atoms with van der Waals surface area (Å²) in [6.07, 6.45) is 1.31. The van der Waals surface area contributed by atoms with Gasteiger partial charge in [-0.2, -0.15) is 0 Å². The quantitative estimate of drug-likeness (QED) is 0.656. The van der Waals surface area contributed by atoms with Gasteiger partial charge in [0.25, 0.3) is 0 Å². The number of aliphatic hydroxyl groups is 1. The van der Waals surface area contributed by atoms with Gasteiger partial charge in [0.2, 0.25) is 6.33 Å². The molecule has 0 atom stereocenters. The fourth-order valence-electron chi connectivity index (χ4n) is 1.47. The topological polar surface area (TPSA) is 90.4 Å². The first-order valence-corrected chi connectivity index (χ1v) is 5.15. The number of hydrogen-bond acceptors (Lipinski definition) is 5. The summed E-state index contributed by atoms with van der Waals surface area (Å²) in [5.74, 6) is 0.121. The molecule has 0 spiro atoms. The molecular formula is C11H11N3O4. The first kappa shape index (κ1) is 12.1. The highest BCUT2D eigenvalue weighted by atomic mass is 16.6. The number of ether oxygens (including phenoxy) is 1. The summed E-state index contributed by atoms with van der Waals surface area (Å²) in [5.41, 5.74) is 0.664. The van der Waals surface area contributed by atoms with E-state index >= 15 is 0 Å². The monoisotopic (exact) mass is 249 g/mol. The van der Waals surface area contributed by atoms with Crippen molar-refractivity contribution in [2.75, 3.05) is 0 Å². The van der Waals surface area contributed by atoms with Crippen molar-refractivity contribution in [1.29, 1.82) is 0 Å². The van der Waals surface area contributed by atoms with E-state index in [-0.39, 0.29) is 18.3 Å². The predicted octanol–water partition coefficient (Wildman–Crippen LogP) is 1.61. The SMILES string of the molecule is Cn1cnc([N+](=O)[O-])c1Oc1cccc(CO)c1. The van der Waals surface area contributed by atoms with Crippen LogP contribution in [0.15, 0.2) is 30.6 Å². The normalized spacial score (nSPS) is 10.3. The van der Waals surface area contributed by atoms with Gasteiger partial charge in [0.1, 0.15) is 5.75 Å². The summed E-state index contributed by atoms with van der Waals surface area (Å²) in [7, 11) is 1.60. The molecule has 0 saturated carbocycles. The van der Waals surface area contributed by atoms with Crippen LogP contribution < -0.4 is 4.74 Å². The van der Waals surface area contributed by atoms with Crippen LogP contribution in [0.3, 0.4) is 0 Å². The maximum atomic E-state index is 10.8. The number of nitro groups is 1. The third kappa shape index (κ3) is 2.30. The van der Waals surface area contributed by atoms with Crippen molar-refractivity contribution in [2.45, 2.75) is 6.61 Å². The lowest BCUT2D eigenvalue weighted by atomic mass is 10.2. The van der Waals surface area contributed by atoms with E-state index in [1.807, 2.05) is 0 Å². The molecule has 0 radical (unpaired) electrons. The van der Waals surface area contributed by atoms with Crippen LogP contribution >= 0.6 is 0 Å². The second-order valence-electron chi connectivity index (χ2n) is 3.65. The smallest absolute Gasteiger partial charge is 0.427 e. The van der Waals surface area contributed by atoms with Crippen LogP contribution in [-0.2, 0) is 13.7 Å². The summed E-state index contributed by atoms with van der Waals surface area (Å²) in [6.45, 7) is -0.120. The van der Waals surface area contributed by atoms with E-state index < -0.39 is 4.92 Å². The molecule has 1 aromatic heterocycles. The number of aliphatic hydroxyl groups excluding tert-OH is 1. The average Bonchev–Trinajstić information content (AvgIpc) is 2.71. The van der Waals surface area contributed by atoms with Crippen LogP contribution in [-0.4, -0.2) is 19.6 Å². The van der Waals surface area contributed by atoms with E-state index in [0.29, 0.717) is 11.3 Å². The number of aryl methyl sites for hydroxylation is 1. The van der Waals surface area contributed by atoms with Crippen molar-refractivity contribution >= 4 is 5.82 Å². The standard InChI is InChI=1S/C11H11N3O4/c1-13-7-12-10(14(16)17)11(13)18-9-4-2-3-8(5-9)6-15/h2-5,7,15H,6H2,1H3. The number of imidazole rings is 1. The molecule has 2 aromatic rings. The highest BCUT2D eigenvalue weighted by molar-refractivity contribution is 5.39. The molecule has 2 rings (SSSR count). The number of aromatic nitrogens is 2. The third-order valence-corrected chi connectivity index (χ3v) is 2.33. The Hall–Kier alpha value is -2.41. The molecule has 94 valence electrons. The van der Waals surface area contributed by atoms with Gasteiger partial charge in [-0.25, -0.2) is 0 Å². The molecule has 0 fully saturated rings. The van der Waals surface area contributed by atoms with Crippen molar-refractivity contribution in [1.82, 2.24) is 9.55 Å². The number of benzene rings is 1. The first-order chi connectivity index (χ1) is 8.61. The van der Waals surface area contributed by atoms with E-state index in [2.05, 4.69) is 4.98 Å². The molecule has 0 unspecified atom stereocenters. The highest BCUT2D eigenvalue weighted by Gasteiger charge is 2.22. The Labute approximate surface area is 102 Å². The molecular weight excluding hydrogens is 238 g/mol. The van der Waals surface area contributed by atoms with Gasteiger partial charge in [-0.1, -0.05) is 12.1 Å². The summed E-state index contributed by atoms with van der Waals surface area (Å²) >= 11 is 0. The van der Waals surface area contributed by atoms with Gasteiger partial charge < -0.3 is 20.0 Å². The lowest BCUT2D eigenvalue weighted by Gasteiger charge is -2.06. The lowest BCUT2D eigenvalue weighted by Crippen LogP contribution is -1.97. The highest BCUT2D eigenvalue weighted by Crippen LogP contribution is 2.29. The molecule has 0 aliphatic heterocycles. The minimum atomic E-state index is -0.606. The Kier molecular flexibility index (Phi) is 3.24. The predicted molar refractivity (Wildman–Crippen MR) is 62.3 cm³/mol. The zero-order valence-corrected chi connectivity index (χ0v) is 9.61. The molecule has 0 aliphatic rings. The Bertz CT molecular complexity index is 579. The molecule has 7 nitrogen and oxygen atoms in total. The molecule has 1 heterocycles. The molecule has 0 aliphatic carbocycles. The Balaban J connectivity index is 2.33. The summed E-state index contributed by atoms with van der Waals surface area (Å²) in [4.78, 5) is 13.8. The van der Waals surface area contributed by atoms with Gasteiger partial charge in [-0.15, -0.1) is 0 Å². The lowest BCUT2D eigenvalue weighted by molar-refractivity contribution is -0.390. The van der Waals surface area contributed by atoms with Gasteiger partial charge in [0.05, 0.1) is 6.61 Å². The fraction of sp³-hybridized carbons (Fsp3) is 0.182. The van der Waals surface area contributed by atoms with Crippen molar-refractivity contribution in [3.05, 3.63) is 46.3 Å². The van der Waals surface area contributed by atoms with Crippen molar-refractivity contribution in [3.63, 3.8) is 0 Å². The third-order valence-electron chi connectivity index (χ3n) is 2.33. The molecule has 0 amide bonds. The average molecular weight is 249 g/mol. The molecule has 0 saturated heterocycles. The Morgan fingerprint density at radius 3 is 3.00 bits per heavy atom. The number of nitrogens with zero attached hydrogens (tertiary/aromatic N) is 3. The maximum absolute atomic E-state index is 10.8. The Morgan fingerprint density at radius 1 is 1.56 bits per heavy atom. The zero-order valence-electron chi connectivity index (χ0n) is 9.61. The van der Waals surface area contributed by atoms with Gasteiger partial charge >= 0.3 is 11.7 Å². The van der Waals surface area contributed by atoms with Crippen LogP contribution in [0.4, 0.5) is 5.82 Å². The molecule has 0 bridgehead atoms. The van der Waals surface area contributed by atoms with E-state index in [9.17, 15) is 10.1 Å². The molecule has 1 N–H and O–H groups in total. The molecule has 7 heteroatoms. The van der Waals surface area contributed by atoms with E-state index in [1.54, 1.807) is 31.3 Å². The van der Waals surface area contributed by atoms with E-state index in [4.69, 9.17) is 9.84 Å². The first-order valence-electron chi connectivity index (χ1n) is 5.15. The Morgan fingerprint density at radius 2 is 2.33 bits per heavy atom. The minimum absolute atomic E-state index is 0.0510. The second kappa shape index (κ2) is 4.84. The van der Waals surface area contributed by atoms with Crippen LogP contribution in [0.2, 0.25) is 0 Å². The molecule has 18 heavy (non-hydrogen) atoms. The summed E-state index contributed by atoms with van der Waals surface area (Å²) < 4.78 is 6.85. The van der Waals surface area contributed by atoms with Crippen molar-refractivity contribution in [2.24, 2.45) is 7.05 Å². The van der Waals surface area contributed by atoms with Gasteiger partial charge in [-0.3, -0.25) is 4.57 Å². The fourth-order valence-corrected chi connectivity index (χ4v) is 1.47.